The monoisotopic (exact) mass is 268 g/mol. The summed E-state index contributed by atoms with van der Waals surface area (Å²) in [5, 5.41) is 3.24. The van der Waals surface area contributed by atoms with E-state index in [1.54, 1.807) is 12.1 Å². The number of hydrogen-bond donors (Lipinski definition) is 1. The van der Waals surface area contributed by atoms with Gasteiger partial charge in [-0.15, -0.1) is 0 Å². The third-order valence-corrected chi connectivity index (χ3v) is 3.29. The van der Waals surface area contributed by atoms with Crippen LogP contribution in [-0.4, -0.2) is 51.4 Å². The Morgan fingerprint density at radius 3 is 3.05 bits per heavy atom. The first-order chi connectivity index (χ1) is 9.19. The fourth-order valence-corrected chi connectivity index (χ4v) is 2.16. The highest BCUT2D eigenvalue weighted by molar-refractivity contribution is 5.28. The van der Waals surface area contributed by atoms with Gasteiger partial charge in [0.05, 0.1) is 19.8 Å². The van der Waals surface area contributed by atoms with Gasteiger partial charge in [0, 0.05) is 37.8 Å². The Balaban J connectivity index is 1.79. The van der Waals surface area contributed by atoms with Crippen molar-refractivity contribution >= 4 is 0 Å². The van der Waals surface area contributed by atoms with E-state index in [1.165, 1.54) is 13.2 Å². The summed E-state index contributed by atoms with van der Waals surface area (Å²) >= 11 is 0. The number of likely N-dealkylation sites (N-methyl/N-ethyl adjacent to an activating group) is 1. The fourth-order valence-electron chi connectivity index (χ4n) is 2.16. The molecule has 0 aliphatic carbocycles. The summed E-state index contributed by atoms with van der Waals surface area (Å²) < 4.78 is 24.3. The molecular formula is C14H21FN2O2. The van der Waals surface area contributed by atoms with Gasteiger partial charge in [-0.05, 0) is 13.1 Å². The number of benzene rings is 1. The van der Waals surface area contributed by atoms with Crippen molar-refractivity contribution in [3.63, 3.8) is 0 Å². The van der Waals surface area contributed by atoms with Crippen molar-refractivity contribution in [3.05, 3.63) is 29.6 Å². The maximum Gasteiger partial charge on any atom is 0.131 e. The molecule has 1 aromatic rings. The van der Waals surface area contributed by atoms with Gasteiger partial charge in [-0.2, -0.15) is 0 Å². The van der Waals surface area contributed by atoms with Crippen molar-refractivity contribution < 1.29 is 13.9 Å². The number of morpholine rings is 1. The first kappa shape index (κ1) is 14.2. The molecule has 0 bridgehead atoms. The number of ether oxygens (including phenoxy) is 2. The lowest BCUT2D eigenvalue weighted by atomic mass is 10.2. The van der Waals surface area contributed by atoms with Crippen LogP contribution < -0.4 is 10.1 Å². The molecule has 1 fully saturated rings. The van der Waals surface area contributed by atoms with Gasteiger partial charge >= 0.3 is 0 Å². The largest absolute Gasteiger partial charge is 0.497 e. The average molecular weight is 268 g/mol. The van der Waals surface area contributed by atoms with E-state index in [-0.39, 0.29) is 11.9 Å². The van der Waals surface area contributed by atoms with Crippen molar-refractivity contribution in [1.82, 2.24) is 10.2 Å². The minimum Gasteiger partial charge on any atom is -0.497 e. The second kappa shape index (κ2) is 6.84. The molecule has 1 saturated heterocycles. The maximum absolute atomic E-state index is 13.7. The van der Waals surface area contributed by atoms with Gasteiger partial charge in [0.15, 0.2) is 0 Å². The van der Waals surface area contributed by atoms with Gasteiger partial charge in [0.2, 0.25) is 0 Å². The summed E-state index contributed by atoms with van der Waals surface area (Å²) in [5.74, 6) is 0.298. The molecule has 1 N–H and O–H groups in total. The number of nitrogens with one attached hydrogen (secondary N) is 1. The third-order valence-electron chi connectivity index (χ3n) is 3.29. The molecule has 0 saturated carbocycles. The molecular weight excluding hydrogens is 247 g/mol. The molecule has 4 nitrogen and oxygen atoms in total. The zero-order chi connectivity index (χ0) is 13.7. The van der Waals surface area contributed by atoms with E-state index in [4.69, 9.17) is 9.47 Å². The predicted molar refractivity (Wildman–Crippen MR) is 71.9 cm³/mol. The van der Waals surface area contributed by atoms with Crippen LogP contribution in [-0.2, 0) is 11.3 Å². The molecule has 106 valence electrons. The Hall–Kier alpha value is -1.17. The van der Waals surface area contributed by atoms with E-state index in [2.05, 4.69) is 17.3 Å². The molecule has 0 aromatic heterocycles. The van der Waals surface area contributed by atoms with E-state index in [0.717, 1.165) is 26.2 Å². The summed E-state index contributed by atoms with van der Waals surface area (Å²) in [6.45, 7) is 3.89. The second-order valence-corrected chi connectivity index (χ2v) is 4.84. The van der Waals surface area contributed by atoms with Crippen molar-refractivity contribution in [3.8, 4) is 5.75 Å². The number of rotatable bonds is 5. The quantitative estimate of drug-likeness (QED) is 0.871. The topological polar surface area (TPSA) is 33.7 Å². The van der Waals surface area contributed by atoms with Crippen molar-refractivity contribution in [1.29, 1.82) is 0 Å². The molecule has 0 amide bonds. The number of nitrogens with zero attached hydrogens (tertiary/aromatic N) is 1. The van der Waals surface area contributed by atoms with Gasteiger partial charge in [-0.1, -0.05) is 6.07 Å². The summed E-state index contributed by atoms with van der Waals surface area (Å²) in [5.41, 5.74) is 0.643. The lowest BCUT2D eigenvalue weighted by molar-refractivity contribution is -0.0182. The zero-order valence-corrected chi connectivity index (χ0v) is 11.5. The molecule has 1 aromatic carbocycles. The summed E-state index contributed by atoms with van der Waals surface area (Å²) in [6.07, 6.45) is 0.181. The molecule has 5 heteroatoms. The summed E-state index contributed by atoms with van der Waals surface area (Å²) in [4.78, 5) is 2.24. The molecule has 0 radical (unpaired) electrons. The number of hydrogen-bond acceptors (Lipinski definition) is 4. The van der Waals surface area contributed by atoms with Crippen LogP contribution in [0.25, 0.3) is 0 Å². The standard InChI is InChI=1S/C14H21FN2O2/c1-17-5-6-19-13(10-17)9-16-8-11-3-4-12(18-2)7-14(11)15/h3-4,7,13,16H,5-6,8-10H2,1-2H3. The van der Waals surface area contributed by atoms with E-state index in [1.807, 2.05) is 0 Å². The smallest absolute Gasteiger partial charge is 0.131 e. The van der Waals surface area contributed by atoms with Crippen molar-refractivity contribution in [2.45, 2.75) is 12.6 Å². The Kier molecular flexibility index (Phi) is 5.13. The molecule has 0 spiro atoms. The van der Waals surface area contributed by atoms with Crippen LogP contribution in [0.15, 0.2) is 18.2 Å². The molecule has 2 rings (SSSR count). The molecule has 1 unspecified atom stereocenters. The van der Waals surface area contributed by atoms with Gasteiger partial charge < -0.3 is 19.7 Å². The minimum absolute atomic E-state index is 0.181. The van der Waals surface area contributed by atoms with Crippen molar-refractivity contribution in [2.75, 3.05) is 40.4 Å². The Labute approximate surface area is 113 Å². The highest BCUT2D eigenvalue weighted by Gasteiger charge is 2.17. The molecule has 1 heterocycles. The third kappa shape index (κ3) is 4.16. The van der Waals surface area contributed by atoms with Gasteiger partial charge in [0.25, 0.3) is 0 Å². The van der Waals surface area contributed by atoms with Crippen LogP contribution >= 0.6 is 0 Å². The SMILES string of the molecule is COc1ccc(CNCC2CN(C)CCO2)c(F)c1. The Morgan fingerprint density at radius 1 is 1.53 bits per heavy atom. The summed E-state index contributed by atoms with van der Waals surface area (Å²) in [7, 11) is 3.61. The highest BCUT2D eigenvalue weighted by Crippen LogP contribution is 2.16. The highest BCUT2D eigenvalue weighted by atomic mass is 19.1. The van der Waals surface area contributed by atoms with Crippen molar-refractivity contribution in [2.24, 2.45) is 0 Å². The van der Waals surface area contributed by atoms with Crippen LogP contribution in [0.1, 0.15) is 5.56 Å². The molecule has 1 atom stereocenters. The van der Waals surface area contributed by atoms with E-state index >= 15 is 0 Å². The predicted octanol–water partition coefficient (Wildman–Crippen LogP) is 1.25. The van der Waals surface area contributed by atoms with Crippen LogP contribution in [0.5, 0.6) is 5.75 Å². The van der Waals surface area contributed by atoms with E-state index in [0.29, 0.717) is 17.9 Å². The molecule has 1 aliphatic heterocycles. The van der Waals surface area contributed by atoms with E-state index < -0.39 is 0 Å². The maximum atomic E-state index is 13.7. The Bertz CT molecular complexity index is 414. The zero-order valence-electron chi connectivity index (χ0n) is 11.5. The van der Waals surface area contributed by atoms with Crippen LogP contribution in [0.4, 0.5) is 4.39 Å². The van der Waals surface area contributed by atoms with E-state index in [9.17, 15) is 4.39 Å². The lowest BCUT2D eigenvalue weighted by Gasteiger charge is -2.30. The van der Waals surface area contributed by atoms with Gasteiger partial charge in [0.1, 0.15) is 11.6 Å². The van der Waals surface area contributed by atoms with Crippen LogP contribution in [0.2, 0.25) is 0 Å². The normalized spacial score (nSPS) is 20.5. The first-order valence-corrected chi connectivity index (χ1v) is 6.52. The number of methoxy groups -OCH3 is 1. The number of halogens is 1. The van der Waals surface area contributed by atoms with Crippen LogP contribution in [0, 0.1) is 5.82 Å². The fraction of sp³-hybridized carbons (Fsp3) is 0.571. The van der Waals surface area contributed by atoms with Crippen LogP contribution in [0.3, 0.4) is 0 Å². The molecule has 19 heavy (non-hydrogen) atoms. The molecule has 1 aliphatic rings. The first-order valence-electron chi connectivity index (χ1n) is 6.52. The lowest BCUT2D eigenvalue weighted by Crippen LogP contribution is -2.44. The second-order valence-electron chi connectivity index (χ2n) is 4.84. The minimum atomic E-state index is -0.242. The van der Waals surface area contributed by atoms with Gasteiger partial charge in [-0.3, -0.25) is 0 Å². The summed E-state index contributed by atoms with van der Waals surface area (Å²) in [6, 6.07) is 4.92. The Morgan fingerprint density at radius 2 is 2.37 bits per heavy atom. The van der Waals surface area contributed by atoms with Gasteiger partial charge in [-0.25, -0.2) is 4.39 Å². The average Bonchev–Trinajstić information content (AvgIpc) is 2.40.